The maximum absolute atomic E-state index is 13.0. The number of piperazine rings is 1. The first-order valence-electron chi connectivity index (χ1n) is 11.3. The molecule has 3 aromatic heterocycles. The van der Waals surface area contributed by atoms with E-state index in [1.54, 1.807) is 24.7 Å². The minimum Gasteiger partial charge on any atom is -0.372 e. The van der Waals surface area contributed by atoms with Crippen LogP contribution in [0.4, 0.5) is 11.6 Å². The van der Waals surface area contributed by atoms with Crippen LogP contribution in [-0.2, 0) is 6.42 Å². The standard InChI is InChI=1S/C25H26N8O/c1-26-24-16-27-15-22(29-24)17-3-4-21-19(11-17)12-20(30-31-21)14-23(34)18-5-6-28-25(13-18)33-9-7-32(2)8-10-33/h3-6,11-13,15-16H,7-10,14H2,1-2H3,(H,26,29). The number of nitrogens with one attached hydrogen (secondary N) is 1. The second-order valence-corrected chi connectivity index (χ2v) is 8.44. The number of pyridine rings is 1. The smallest absolute Gasteiger partial charge is 0.169 e. The number of benzene rings is 1. The molecule has 4 aromatic rings. The molecule has 1 N–H and O–H groups in total. The Labute approximate surface area is 197 Å². The fourth-order valence-corrected chi connectivity index (χ4v) is 4.03. The molecule has 9 nitrogen and oxygen atoms in total. The first kappa shape index (κ1) is 21.8. The van der Waals surface area contributed by atoms with Crippen LogP contribution in [0.5, 0.6) is 0 Å². The van der Waals surface area contributed by atoms with Gasteiger partial charge in [-0.05, 0) is 37.4 Å². The molecular weight excluding hydrogens is 428 g/mol. The molecule has 0 atom stereocenters. The third-order valence-electron chi connectivity index (χ3n) is 6.06. The third-order valence-corrected chi connectivity index (χ3v) is 6.06. The molecule has 0 radical (unpaired) electrons. The van der Waals surface area contributed by atoms with Crippen molar-refractivity contribution in [3.8, 4) is 11.3 Å². The Morgan fingerprint density at radius 1 is 1.03 bits per heavy atom. The summed E-state index contributed by atoms with van der Waals surface area (Å²) in [5.74, 6) is 1.54. The Morgan fingerprint density at radius 3 is 2.71 bits per heavy atom. The van der Waals surface area contributed by atoms with Gasteiger partial charge in [0.15, 0.2) is 5.78 Å². The van der Waals surface area contributed by atoms with Crippen molar-refractivity contribution in [2.24, 2.45) is 0 Å². The molecule has 0 spiro atoms. The van der Waals surface area contributed by atoms with Crippen LogP contribution < -0.4 is 10.2 Å². The topological polar surface area (TPSA) is 100 Å². The number of hydrogen-bond acceptors (Lipinski definition) is 9. The van der Waals surface area contributed by atoms with Gasteiger partial charge in [0, 0.05) is 55.9 Å². The molecule has 4 heterocycles. The molecule has 1 saturated heterocycles. The normalized spacial score (nSPS) is 14.4. The number of hydrogen-bond donors (Lipinski definition) is 1. The SMILES string of the molecule is CNc1cncc(-c2ccc3nnc(CC(=O)c4ccnc(N5CCN(C)CC5)c4)cc3c2)n1. The monoisotopic (exact) mass is 454 g/mol. The lowest BCUT2D eigenvalue weighted by molar-refractivity contribution is 0.0991. The largest absolute Gasteiger partial charge is 0.372 e. The van der Waals surface area contributed by atoms with Crippen LogP contribution in [0.25, 0.3) is 22.2 Å². The van der Waals surface area contributed by atoms with E-state index in [9.17, 15) is 4.79 Å². The Hall–Kier alpha value is -3.98. The van der Waals surface area contributed by atoms with Gasteiger partial charge >= 0.3 is 0 Å². The summed E-state index contributed by atoms with van der Waals surface area (Å²) in [6, 6.07) is 11.4. The van der Waals surface area contributed by atoms with Gasteiger partial charge in [0.1, 0.15) is 11.6 Å². The predicted octanol–water partition coefficient (Wildman–Crippen LogP) is 2.70. The highest BCUT2D eigenvalue weighted by Crippen LogP contribution is 2.23. The number of aromatic nitrogens is 5. The summed E-state index contributed by atoms with van der Waals surface area (Å²) in [7, 11) is 3.93. The van der Waals surface area contributed by atoms with Crippen LogP contribution in [0, 0.1) is 0 Å². The number of ketones is 1. The molecule has 1 aliphatic rings. The number of anilines is 2. The van der Waals surface area contributed by atoms with Gasteiger partial charge in [-0.25, -0.2) is 9.97 Å². The van der Waals surface area contributed by atoms with E-state index in [-0.39, 0.29) is 12.2 Å². The van der Waals surface area contributed by atoms with Gasteiger partial charge in [-0.1, -0.05) is 6.07 Å². The fourth-order valence-electron chi connectivity index (χ4n) is 4.03. The molecule has 1 fully saturated rings. The fraction of sp³-hybridized carbons (Fsp3) is 0.280. The Morgan fingerprint density at radius 2 is 1.88 bits per heavy atom. The molecule has 34 heavy (non-hydrogen) atoms. The zero-order chi connectivity index (χ0) is 23.5. The van der Waals surface area contributed by atoms with Gasteiger partial charge in [0.05, 0.1) is 35.7 Å². The lowest BCUT2D eigenvalue weighted by Crippen LogP contribution is -2.44. The molecule has 1 aromatic carbocycles. The quantitative estimate of drug-likeness (QED) is 0.441. The van der Waals surface area contributed by atoms with E-state index >= 15 is 0 Å². The molecule has 0 saturated carbocycles. The van der Waals surface area contributed by atoms with Crippen molar-refractivity contribution in [1.82, 2.24) is 30.0 Å². The molecule has 0 amide bonds. The van der Waals surface area contributed by atoms with Crippen LogP contribution in [0.15, 0.2) is 55.0 Å². The van der Waals surface area contributed by atoms with E-state index in [2.05, 4.69) is 47.3 Å². The van der Waals surface area contributed by atoms with E-state index in [0.717, 1.165) is 54.2 Å². The molecule has 172 valence electrons. The van der Waals surface area contributed by atoms with E-state index in [1.165, 1.54) is 0 Å². The Bertz CT molecular complexity index is 1330. The van der Waals surface area contributed by atoms with Gasteiger partial charge in [0.25, 0.3) is 0 Å². The van der Waals surface area contributed by atoms with Crippen LogP contribution in [0.2, 0.25) is 0 Å². The van der Waals surface area contributed by atoms with Crippen LogP contribution in [0.3, 0.4) is 0 Å². The van der Waals surface area contributed by atoms with Gasteiger partial charge in [0.2, 0.25) is 0 Å². The molecular formula is C25H26N8O. The van der Waals surface area contributed by atoms with E-state index in [0.29, 0.717) is 17.1 Å². The Kier molecular flexibility index (Phi) is 6.09. The average Bonchev–Trinajstić information content (AvgIpc) is 2.89. The van der Waals surface area contributed by atoms with Gasteiger partial charge in [-0.3, -0.25) is 9.78 Å². The molecule has 0 unspecified atom stereocenters. The first-order chi connectivity index (χ1) is 16.6. The third kappa shape index (κ3) is 4.69. The maximum Gasteiger partial charge on any atom is 0.169 e. The van der Waals surface area contributed by atoms with Gasteiger partial charge in [-0.2, -0.15) is 10.2 Å². The van der Waals surface area contributed by atoms with E-state index in [4.69, 9.17) is 0 Å². The molecule has 9 heteroatoms. The number of Topliss-reactive ketones (excluding diaryl/α,β-unsaturated/α-hetero) is 1. The molecule has 0 bridgehead atoms. The summed E-state index contributed by atoms with van der Waals surface area (Å²) in [4.78, 5) is 30.8. The number of rotatable bonds is 6. The Balaban J connectivity index is 1.36. The number of carbonyl (C=O) groups excluding carboxylic acids is 1. The van der Waals surface area contributed by atoms with E-state index < -0.39 is 0 Å². The van der Waals surface area contributed by atoms with Gasteiger partial charge < -0.3 is 15.1 Å². The minimum atomic E-state index is -0.00447. The summed E-state index contributed by atoms with van der Waals surface area (Å²) in [6.45, 7) is 3.78. The zero-order valence-corrected chi connectivity index (χ0v) is 19.3. The van der Waals surface area contributed by atoms with Crippen LogP contribution in [0.1, 0.15) is 16.1 Å². The summed E-state index contributed by atoms with van der Waals surface area (Å²) < 4.78 is 0. The lowest BCUT2D eigenvalue weighted by Gasteiger charge is -2.33. The van der Waals surface area contributed by atoms with Gasteiger partial charge in [-0.15, -0.1) is 0 Å². The number of carbonyl (C=O) groups is 1. The van der Waals surface area contributed by atoms with Crippen LogP contribution >= 0.6 is 0 Å². The summed E-state index contributed by atoms with van der Waals surface area (Å²) in [5, 5.41) is 12.5. The second kappa shape index (κ2) is 9.48. The molecule has 1 aliphatic heterocycles. The molecule has 0 aliphatic carbocycles. The maximum atomic E-state index is 13.0. The van der Waals surface area contributed by atoms with Crippen LogP contribution in [-0.4, -0.2) is 76.1 Å². The summed E-state index contributed by atoms with van der Waals surface area (Å²) in [6.07, 6.45) is 5.28. The highest BCUT2D eigenvalue weighted by atomic mass is 16.1. The first-order valence-corrected chi connectivity index (χ1v) is 11.3. The van der Waals surface area contributed by atoms with Crippen molar-refractivity contribution in [3.63, 3.8) is 0 Å². The number of fused-ring (bicyclic) bond motifs is 1. The number of likely N-dealkylation sites (N-methyl/N-ethyl adjacent to an activating group) is 1. The van der Waals surface area contributed by atoms with E-state index in [1.807, 2.05) is 37.4 Å². The minimum absolute atomic E-state index is 0.00447. The lowest BCUT2D eigenvalue weighted by atomic mass is 10.0. The van der Waals surface area contributed by atoms with Crippen molar-refractivity contribution < 1.29 is 4.79 Å². The highest BCUT2D eigenvalue weighted by Gasteiger charge is 2.17. The second-order valence-electron chi connectivity index (χ2n) is 8.44. The summed E-state index contributed by atoms with van der Waals surface area (Å²) >= 11 is 0. The summed E-state index contributed by atoms with van der Waals surface area (Å²) in [5.41, 5.74) is 3.71. The average molecular weight is 455 g/mol. The van der Waals surface area contributed by atoms with Crippen molar-refractivity contribution in [3.05, 3.63) is 66.2 Å². The zero-order valence-electron chi connectivity index (χ0n) is 19.3. The van der Waals surface area contributed by atoms with Crippen molar-refractivity contribution in [1.29, 1.82) is 0 Å². The highest BCUT2D eigenvalue weighted by molar-refractivity contribution is 5.98. The number of nitrogens with zero attached hydrogens (tertiary/aromatic N) is 7. The van der Waals surface area contributed by atoms with Crippen molar-refractivity contribution in [2.45, 2.75) is 6.42 Å². The molecule has 5 rings (SSSR count). The van der Waals surface area contributed by atoms with Crippen molar-refractivity contribution >= 4 is 28.3 Å². The predicted molar refractivity (Wildman–Crippen MR) is 132 cm³/mol. The van der Waals surface area contributed by atoms with Crippen molar-refractivity contribution in [2.75, 3.05) is 50.5 Å².